The lowest BCUT2D eigenvalue weighted by Crippen LogP contribution is -2.11. The highest BCUT2D eigenvalue weighted by atomic mass is 19.1. The number of aryl methyl sites for hydroxylation is 1. The molecule has 48 heavy (non-hydrogen) atoms. The Hall–Kier alpha value is -3.45. The standard InChI is InChI=1S/C7H8.C6H4F2.C6H5F.C6H12.C6H6.C5H10O.C4H8O2.2CH4/c1-7-5-3-2-4-6-7;7-5-2-1-3-6(8)4-5;7-6-4-2-1-3-5-6;3*1-2-4-6-5-3-1;1-2-5-4-6-3-1;;/h2-6H,1H3;1-4H;1-5H;1-6H2;1-6H;1-5H2;1-4H2;2*1H4. The van der Waals surface area contributed by atoms with E-state index in [9.17, 15) is 13.2 Å². The first-order valence-electron chi connectivity index (χ1n) is 16.4. The summed E-state index contributed by atoms with van der Waals surface area (Å²) >= 11 is 0. The molecule has 3 aliphatic rings. The summed E-state index contributed by atoms with van der Waals surface area (Å²) in [4.78, 5) is 0. The molecule has 0 aromatic heterocycles. The van der Waals surface area contributed by atoms with Crippen LogP contribution in [0.1, 0.15) is 84.6 Å². The van der Waals surface area contributed by atoms with Gasteiger partial charge in [-0.3, -0.25) is 0 Å². The van der Waals surface area contributed by atoms with Gasteiger partial charge in [0.25, 0.3) is 0 Å². The highest BCUT2D eigenvalue weighted by Gasteiger charge is 1.96. The van der Waals surface area contributed by atoms with E-state index >= 15 is 0 Å². The second-order valence-electron chi connectivity index (χ2n) is 10.6. The van der Waals surface area contributed by atoms with E-state index in [1.165, 1.54) is 93.7 Å². The van der Waals surface area contributed by atoms with Crippen LogP contribution in [0.3, 0.4) is 0 Å². The van der Waals surface area contributed by atoms with Gasteiger partial charge in [0.2, 0.25) is 0 Å². The summed E-state index contributed by atoms with van der Waals surface area (Å²) in [6.07, 6.45) is 14.0. The highest BCUT2D eigenvalue weighted by molar-refractivity contribution is 5.11. The van der Waals surface area contributed by atoms with E-state index < -0.39 is 11.6 Å². The summed E-state index contributed by atoms with van der Waals surface area (Å²) in [5, 5.41) is 0. The van der Waals surface area contributed by atoms with Crippen LogP contribution in [0, 0.1) is 24.4 Å². The molecule has 2 heterocycles. The van der Waals surface area contributed by atoms with Gasteiger partial charge in [-0.25, -0.2) is 13.2 Å². The molecule has 3 fully saturated rings. The monoisotopic (exact) mass is 670 g/mol. The van der Waals surface area contributed by atoms with Crippen LogP contribution in [0.25, 0.3) is 0 Å². The molecule has 3 nitrogen and oxygen atoms in total. The molecule has 0 unspecified atom stereocenters. The van der Waals surface area contributed by atoms with Gasteiger partial charge in [-0.05, 0) is 56.9 Å². The highest BCUT2D eigenvalue weighted by Crippen LogP contribution is 2.15. The van der Waals surface area contributed by atoms with E-state index in [1.54, 1.807) is 18.2 Å². The summed E-state index contributed by atoms with van der Waals surface area (Å²) in [5.74, 6) is -1.25. The van der Waals surface area contributed by atoms with E-state index in [0.717, 1.165) is 38.9 Å². The predicted octanol–water partition coefficient (Wildman–Crippen LogP) is 12.7. The van der Waals surface area contributed by atoms with Crippen LogP contribution in [-0.2, 0) is 14.2 Å². The zero-order valence-electron chi connectivity index (χ0n) is 27.5. The van der Waals surface area contributed by atoms with Gasteiger partial charge in [-0.15, -0.1) is 0 Å². The average molecular weight is 671 g/mol. The summed E-state index contributed by atoms with van der Waals surface area (Å²) in [6, 6.07) is 34.8. The molecule has 1 saturated carbocycles. The van der Waals surface area contributed by atoms with Crippen LogP contribution in [-0.4, -0.2) is 33.2 Å². The summed E-state index contributed by atoms with van der Waals surface area (Å²) < 4.78 is 50.5. The Balaban J connectivity index is 0. The van der Waals surface area contributed by atoms with Gasteiger partial charge >= 0.3 is 0 Å². The van der Waals surface area contributed by atoms with Crippen LogP contribution in [0.15, 0.2) is 121 Å². The van der Waals surface area contributed by atoms with E-state index in [-0.39, 0.29) is 20.7 Å². The third-order valence-corrected chi connectivity index (χ3v) is 6.45. The number of hydrogen-bond donors (Lipinski definition) is 0. The molecule has 0 radical (unpaired) electrons. The maximum absolute atomic E-state index is 11.9. The van der Waals surface area contributed by atoms with Crippen molar-refractivity contribution in [2.75, 3.05) is 33.2 Å². The van der Waals surface area contributed by atoms with Crippen molar-refractivity contribution in [2.24, 2.45) is 0 Å². The van der Waals surface area contributed by atoms with Crippen molar-refractivity contribution in [3.8, 4) is 0 Å². The molecule has 2 saturated heterocycles. The lowest BCUT2D eigenvalue weighted by molar-refractivity contribution is -0.0963. The molecule has 0 N–H and O–H groups in total. The Morgan fingerprint density at radius 3 is 0.896 bits per heavy atom. The average Bonchev–Trinajstić information content (AvgIpc) is 3.14. The van der Waals surface area contributed by atoms with E-state index in [0.29, 0.717) is 6.79 Å². The summed E-state index contributed by atoms with van der Waals surface area (Å²) in [5.41, 5.74) is 1.32. The van der Waals surface area contributed by atoms with Crippen LogP contribution in [0.4, 0.5) is 13.2 Å². The number of benzene rings is 4. The van der Waals surface area contributed by atoms with Crippen molar-refractivity contribution >= 4 is 0 Å². The van der Waals surface area contributed by atoms with Crippen LogP contribution in [0.2, 0.25) is 0 Å². The fraction of sp³-hybridized carbons (Fsp3) is 0.429. The maximum atomic E-state index is 11.9. The molecule has 2 aliphatic heterocycles. The minimum absolute atomic E-state index is 0. The first-order chi connectivity index (χ1) is 22.6. The predicted molar refractivity (Wildman–Crippen MR) is 198 cm³/mol. The second-order valence-corrected chi connectivity index (χ2v) is 10.6. The third-order valence-electron chi connectivity index (χ3n) is 6.45. The van der Waals surface area contributed by atoms with Gasteiger partial charge in [0.05, 0.1) is 13.2 Å². The number of halogens is 3. The van der Waals surface area contributed by atoms with Gasteiger partial charge in [0.1, 0.15) is 24.2 Å². The molecule has 7 rings (SSSR count). The SMILES string of the molecule is C.C.C1CCCCC1.C1CCOCC1.C1COCOC1.Cc1ccccc1.Fc1cccc(F)c1.Fc1ccccc1.c1ccccc1. The zero-order valence-corrected chi connectivity index (χ0v) is 27.5. The van der Waals surface area contributed by atoms with E-state index in [4.69, 9.17) is 14.2 Å². The molecular formula is C42H61F3O3. The van der Waals surface area contributed by atoms with Crippen molar-refractivity contribution in [2.45, 2.75) is 86.0 Å². The number of ether oxygens (including phenoxy) is 3. The molecular weight excluding hydrogens is 609 g/mol. The summed E-state index contributed by atoms with van der Waals surface area (Å²) in [7, 11) is 0. The van der Waals surface area contributed by atoms with Gasteiger partial charge in [-0.1, -0.05) is 150 Å². The topological polar surface area (TPSA) is 27.7 Å². The van der Waals surface area contributed by atoms with Gasteiger partial charge in [-0.2, -0.15) is 0 Å². The molecule has 4 aromatic carbocycles. The minimum atomic E-state index is -0.537. The molecule has 1 aliphatic carbocycles. The normalized spacial score (nSPS) is 14.1. The molecule has 0 amide bonds. The van der Waals surface area contributed by atoms with Crippen molar-refractivity contribution in [1.29, 1.82) is 0 Å². The van der Waals surface area contributed by atoms with E-state index in [2.05, 4.69) is 19.1 Å². The van der Waals surface area contributed by atoms with Gasteiger partial charge in [0, 0.05) is 19.3 Å². The first-order valence-corrected chi connectivity index (χ1v) is 16.4. The Morgan fingerprint density at radius 2 is 0.708 bits per heavy atom. The summed E-state index contributed by atoms with van der Waals surface area (Å²) in [6.45, 7) is 6.33. The molecule has 0 atom stereocenters. The van der Waals surface area contributed by atoms with E-state index in [1.807, 2.05) is 54.6 Å². The van der Waals surface area contributed by atoms with Crippen LogP contribution in [0.5, 0.6) is 0 Å². The zero-order chi connectivity index (χ0) is 33.2. The minimum Gasteiger partial charge on any atom is -0.381 e. The van der Waals surface area contributed by atoms with Crippen molar-refractivity contribution in [3.63, 3.8) is 0 Å². The lowest BCUT2D eigenvalue weighted by Gasteiger charge is -2.09. The molecule has 6 heteroatoms. The quantitative estimate of drug-likeness (QED) is 0.186. The molecule has 268 valence electrons. The van der Waals surface area contributed by atoms with Crippen LogP contribution < -0.4 is 0 Å². The van der Waals surface area contributed by atoms with Crippen molar-refractivity contribution in [3.05, 3.63) is 144 Å². The van der Waals surface area contributed by atoms with Gasteiger partial charge in [0.15, 0.2) is 0 Å². The molecule has 0 spiro atoms. The smallest absolute Gasteiger partial charge is 0.146 e. The fourth-order valence-corrected chi connectivity index (χ4v) is 3.98. The van der Waals surface area contributed by atoms with Crippen molar-refractivity contribution < 1.29 is 27.4 Å². The first kappa shape index (κ1) is 46.7. The Labute approximate surface area is 290 Å². The molecule has 4 aromatic rings. The number of hydrogen-bond acceptors (Lipinski definition) is 3. The Kier molecular flexibility index (Phi) is 35.4. The number of rotatable bonds is 0. The largest absolute Gasteiger partial charge is 0.381 e. The van der Waals surface area contributed by atoms with Crippen LogP contribution >= 0.6 is 0 Å². The maximum Gasteiger partial charge on any atom is 0.146 e. The third kappa shape index (κ3) is 33.9. The molecule has 0 bridgehead atoms. The van der Waals surface area contributed by atoms with Gasteiger partial charge < -0.3 is 14.2 Å². The Morgan fingerprint density at radius 1 is 0.375 bits per heavy atom. The second kappa shape index (κ2) is 36.4. The Bertz CT molecular complexity index is 992. The fourth-order valence-electron chi connectivity index (χ4n) is 3.98. The van der Waals surface area contributed by atoms with Crippen molar-refractivity contribution in [1.82, 2.24) is 0 Å². The lowest BCUT2D eigenvalue weighted by atomic mass is 10.0.